The van der Waals surface area contributed by atoms with Crippen LogP contribution in [0.5, 0.6) is 0 Å². The molecule has 0 fully saturated rings. The van der Waals surface area contributed by atoms with E-state index in [0.29, 0.717) is 11.7 Å². The van der Waals surface area contributed by atoms with E-state index in [4.69, 9.17) is 0 Å². The molecule has 0 bridgehead atoms. The Labute approximate surface area is 108 Å². The van der Waals surface area contributed by atoms with Crippen LogP contribution < -0.4 is 4.90 Å². The molecule has 2 aromatic rings. The van der Waals surface area contributed by atoms with E-state index < -0.39 is 0 Å². The Morgan fingerprint density at radius 2 is 2.17 bits per heavy atom. The van der Waals surface area contributed by atoms with Crippen LogP contribution in [0.4, 0.5) is 5.82 Å². The first-order valence-corrected chi connectivity index (χ1v) is 6.58. The molecule has 0 radical (unpaired) electrons. The summed E-state index contributed by atoms with van der Waals surface area (Å²) in [6.45, 7) is 10.7. The van der Waals surface area contributed by atoms with Crippen molar-refractivity contribution in [2.45, 2.75) is 34.1 Å². The fourth-order valence-electron chi connectivity index (χ4n) is 2.03. The highest BCUT2D eigenvalue weighted by atomic mass is 15.4. The topological polar surface area (TPSA) is 46.3 Å². The van der Waals surface area contributed by atoms with Crippen LogP contribution in [0.15, 0.2) is 12.4 Å². The molecule has 0 amide bonds. The molecule has 0 saturated heterocycles. The maximum absolute atomic E-state index is 4.37. The molecule has 0 spiro atoms. The Kier molecular flexibility index (Phi) is 3.79. The van der Waals surface area contributed by atoms with Crippen LogP contribution in [-0.4, -0.2) is 32.7 Å². The molecular weight excluding hydrogens is 226 g/mol. The molecule has 18 heavy (non-hydrogen) atoms. The molecule has 98 valence electrons. The summed E-state index contributed by atoms with van der Waals surface area (Å²) in [7, 11) is 0. The molecule has 2 heterocycles. The van der Waals surface area contributed by atoms with Gasteiger partial charge < -0.3 is 4.90 Å². The number of nitrogens with zero attached hydrogens (tertiary/aromatic N) is 5. The van der Waals surface area contributed by atoms with Crippen molar-refractivity contribution in [2.24, 2.45) is 5.92 Å². The van der Waals surface area contributed by atoms with Gasteiger partial charge in [-0.05, 0) is 19.8 Å². The lowest BCUT2D eigenvalue weighted by atomic mass is 10.1. The van der Waals surface area contributed by atoms with Crippen molar-refractivity contribution < 1.29 is 0 Å². The number of hydrogen-bond acceptors (Lipinski definition) is 4. The highest BCUT2D eigenvalue weighted by molar-refractivity contribution is 5.47. The molecule has 0 aliphatic heterocycles. The Bertz CT molecular complexity index is 519. The van der Waals surface area contributed by atoms with E-state index in [1.807, 2.05) is 11.4 Å². The quantitative estimate of drug-likeness (QED) is 0.813. The summed E-state index contributed by atoms with van der Waals surface area (Å²) in [6.07, 6.45) is 2.74. The Balaban J connectivity index is 2.40. The standard InChI is InChI=1S/C13H21N5/c1-5-10(3)8-17(6-2)12-7-11(4)16-13-14-9-15-18(12)13/h7,9-10H,5-6,8H2,1-4H3. The average Bonchev–Trinajstić information content (AvgIpc) is 2.82. The highest BCUT2D eigenvalue weighted by Crippen LogP contribution is 2.17. The van der Waals surface area contributed by atoms with Gasteiger partial charge in [-0.2, -0.15) is 14.6 Å². The van der Waals surface area contributed by atoms with E-state index >= 15 is 0 Å². The second-order valence-corrected chi connectivity index (χ2v) is 4.78. The van der Waals surface area contributed by atoms with Crippen LogP contribution in [0.25, 0.3) is 5.78 Å². The third kappa shape index (κ3) is 2.44. The first-order valence-electron chi connectivity index (χ1n) is 6.58. The maximum Gasteiger partial charge on any atom is 0.254 e. The van der Waals surface area contributed by atoms with Gasteiger partial charge in [0.25, 0.3) is 5.78 Å². The number of aromatic nitrogens is 4. The second kappa shape index (κ2) is 5.33. The van der Waals surface area contributed by atoms with E-state index in [0.717, 1.165) is 24.6 Å². The molecule has 0 saturated carbocycles. The largest absolute Gasteiger partial charge is 0.356 e. The fourth-order valence-corrected chi connectivity index (χ4v) is 2.03. The van der Waals surface area contributed by atoms with Crippen LogP contribution >= 0.6 is 0 Å². The zero-order valence-electron chi connectivity index (χ0n) is 11.6. The van der Waals surface area contributed by atoms with Crippen molar-refractivity contribution >= 4 is 11.6 Å². The molecule has 2 rings (SSSR count). The summed E-state index contributed by atoms with van der Waals surface area (Å²) in [5.41, 5.74) is 0.980. The van der Waals surface area contributed by atoms with Crippen LogP contribution in [-0.2, 0) is 0 Å². The van der Waals surface area contributed by atoms with E-state index in [1.165, 1.54) is 6.42 Å². The summed E-state index contributed by atoms with van der Waals surface area (Å²) in [5, 5.41) is 4.26. The summed E-state index contributed by atoms with van der Waals surface area (Å²) in [5.74, 6) is 2.42. The highest BCUT2D eigenvalue weighted by Gasteiger charge is 2.13. The van der Waals surface area contributed by atoms with Gasteiger partial charge in [0.2, 0.25) is 0 Å². The average molecular weight is 247 g/mol. The molecule has 1 unspecified atom stereocenters. The predicted octanol–water partition coefficient (Wildman–Crippen LogP) is 2.31. The van der Waals surface area contributed by atoms with Gasteiger partial charge in [0.05, 0.1) is 0 Å². The monoisotopic (exact) mass is 247 g/mol. The second-order valence-electron chi connectivity index (χ2n) is 4.78. The van der Waals surface area contributed by atoms with Gasteiger partial charge in [-0.25, -0.2) is 4.98 Å². The van der Waals surface area contributed by atoms with Gasteiger partial charge in [-0.3, -0.25) is 0 Å². The summed E-state index contributed by atoms with van der Waals surface area (Å²) < 4.78 is 1.82. The van der Waals surface area contributed by atoms with E-state index in [9.17, 15) is 0 Å². The van der Waals surface area contributed by atoms with Crippen molar-refractivity contribution in [1.82, 2.24) is 19.6 Å². The van der Waals surface area contributed by atoms with Crippen molar-refractivity contribution in [3.63, 3.8) is 0 Å². The van der Waals surface area contributed by atoms with Crippen LogP contribution in [0.1, 0.15) is 32.9 Å². The summed E-state index contributed by atoms with van der Waals surface area (Å²) in [4.78, 5) is 10.9. The van der Waals surface area contributed by atoms with Crippen molar-refractivity contribution in [1.29, 1.82) is 0 Å². The third-order valence-corrected chi connectivity index (χ3v) is 3.30. The van der Waals surface area contributed by atoms with Crippen molar-refractivity contribution in [3.8, 4) is 0 Å². The molecule has 0 aromatic carbocycles. The zero-order valence-corrected chi connectivity index (χ0v) is 11.6. The molecule has 1 atom stereocenters. The minimum atomic E-state index is 0.664. The molecule has 5 nitrogen and oxygen atoms in total. The van der Waals surface area contributed by atoms with Crippen molar-refractivity contribution in [2.75, 3.05) is 18.0 Å². The number of hydrogen-bond donors (Lipinski definition) is 0. The number of fused-ring (bicyclic) bond motifs is 1. The smallest absolute Gasteiger partial charge is 0.254 e. The molecule has 0 aliphatic rings. The van der Waals surface area contributed by atoms with Crippen LogP contribution in [0.2, 0.25) is 0 Å². The molecule has 0 N–H and O–H groups in total. The zero-order chi connectivity index (χ0) is 13.1. The van der Waals surface area contributed by atoms with E-state index in [-0.39, 0.29) is 0 Å². The SMILES string of the molecule is CCC(C)CN(CC)c1cc(C)nc2ncnn12. The van der Waals surface area contributed by atoms with Crippen LogP contribution in [0.3, 0.4) is 0 Å². The Hall–Kier alpha value is -1.65. The van der Waals surface area contributed by atoms with Gasteiger partial charge in [-0.1, -0.05) is 20.3 Å². The summed E-state index contributed by atoms with van der Waals surface area (Å²) >= 11 is 0. The first-order chi connectivity index (χ1) is 8.65. The fraction of sp³-hybridized carbons (Fsp3) is 0.615. The predicted molar refractivity (Wildman–Crippen MR) is 72.9 cm³/mol. The first kappa shape index (κ1) is 12.8. The minimum Gasteiger partial charge on any atom is -0.356 e. The lowest BCUT2D eigenvalue weighted by Gasteiger charge is -2.26. The lowest BCUT2D eigenvalue weighted by molar-refractivity contribution is 0.542. The maximum atomic E-state index is 4.37. The van der Waals surface area contributed by atoms with Gasteiger partial charge in [0.1, 0.15) is 12.1 Å². The number of rotatable bonds is 5. The van der Waals surface area contributed by atoms with Crippen molar-refractivity contribution in [3.05, 3.63) is 18.1 Å². The Morgan fingerprint density at radius 3 is 2.83 bits per heavy atom. The van der Waals surface area contributed by atoms with Gasteiger partial charge >= 0.3 is 0 Å². The normalized spacial score (nSPS) is 12.9. The molecule has 0 aliphatic carbocycles. The lowest BCUT2D eigenvalue weighted by Crippen LogP contribution is -2.30. The third-order valence-electron chi connectivity index (χ3n) is 3.30. The Morgan fingerprint density at radius 1 is 1.39 bits per heavy atom. The van der Waals surface area contributed by atoms with Gasteiger partial charge in [0, 0.05) is 24.8 Å². The minimum absolute atomic E-state index is 0.664. The van der Waals surface area contributed by atoms with E-state index in [1.54, 1.807) is 6.33 Å². The van der Waals surface area contributed by atoms with Gasteiger partial charge in [0.15, 0.2) is 0 Å². The number of aryl methyl sites for hydroxylation is 1. The van der Waals surface area contributed by atoms with Crippen LogP contribution in [0, 0.1) is 12.8 Å². The molecule has 2 aromatic heterocycles. The molecular formula is C13H21N5. The molecule has 5 heteroatoms. The summed E-state index contributed by atoms with van der Waals surface area (Å²) in [6, 6.07) is 2.08. The number of anilines is 1. The van der Waals surface area contributed by atoms with E-state index in [2.05, 4.69) is 46.8 Å². The van der Waals surface area contributed by atoms with Gasteiger partial charge in [-0.15, -0.1) is 0 Å².